The number of pyridine rings is 1. The van der Waals surface area contributed by atoms with Gasteiger partial charge in [-0.2, -0.15) is 0 Å². The number of halogens is 3. The van der Waals surface area contributed by atoms with Gasteiger partial charge in [0.15, 0.2) is 5.76 Å². The highest BCUT2D eigenvalue weighted by molar-refractivity contribution is 6.36. The average Bonchev–Trinajstić information content (AvgIpc) is 3.49. The van der Waals surface area contributed by atoms with Crippen molar-refractivity contribution in [1.29, 1.82) is 0 Å². The SMILES string of the molecule is CC(Nn1ccc2nc(-c3oncc3C(=O)N3CCNCC3)ccc21)c1c(Cl)ccc(F)c1Cl. The highest BCUT2D eigenvalue weighted by Crippen LogP contribution is 2.33. The Morgan fingerprint density at radius 2 is 2.00 bits per heavy atom. The van der Waals surface area contributed by atoms with E-state index in [1.807, 2.05) is 19.1 Å². The zero-order valence-electron chi connectivity index (χ0n) is 18.2. The number of hydrogen-bond donors (Lipinski definition) is 2. The van der Waals surface area contributed by atoms with Crippen LogP contribution in [0.1, 0.15) is 28.9 Å². The van der Waals surface area contributed by atoms with E-state index in [1.54, 1.807) is 21.8 Å². The summed E-state index contributed by atoms with van der Waals surface area (Å²) in [5.74, 6) is -0.328. The third kappa shape index (κ3) is 4.11. The number of nitrogens with one attached hydrogen (secondary N) is 2. The molecular formula is C23H21Cl2FN6O2. The molecule has 3 aromatic heterocycles. The summed E-state index contributed by atoms with van der Waals surface area (Å²) < 4.78 is 21.1. The van der Waals surface area contributed by atoms with Crippen molar-refractivity contribution in [3.63, 3.8) is 0 Å². The van der Waals surface area contributed by atoms with Crippen LogP contribution in [0.3, 0.4) is 0 Å². The first kappa shape index (κ1) is 22.6. The van der Waals surface area contributed by atoms with E-state index >= 15 is 0 Å². The van der Waals surface area contributed by atoms with Crippen molar-refractivity contribution in [2.75, 3.05) is 31.6 Å². The van der Waals surface area contributed by atoms with E-state index in [2.05, 4.69) is 20.9 Å². The summed E-state index contributed by atoms with van der Waals surface area (Å²) in [6.45, 7) is 4.59. The smallest absolute Gasteiger partial charge is 0.259 e. The fraction of sp³-hybridized carbons (Fsp3) is 0.261. The molecule has 0 aliphatic carbocycles. The maximum atomic E-state index is 14.0. The van der Waals surface area contributed by atoms with E-state index in [4.69, 9.17) is 27.7 Å². The van der Waals surface area contributed by atoms with Crippen molar-refractivity contribution < 1.29 is 13.7 Å². The Bertz CT molecular complexity index is 1370. The van der Waals surface area contributed by atoms with E-state index in [0.29, 0.717) is 46.2 Å². The van der Waals surface area contributed by atoms with Gasteiger partial charge in [0.1, 0.15) is 17.1 Å². The summed E-state index contributed by atoms with van der Waals surface area (Å²) in [6.07, 6.45) is 3.23. The minimum absolute atomic E-state index is 0.0172. The number of benzene rings is 1. The molecule has 0 radical (unpaired) electrons. The van der Waals surface area contributed by atoms with Crippen LogP contribution in [0.2, 0.25) is 10.0 Å². The van der Waals surface area contributed by atoms with Gasteiger partial charge in [0.05, 0.1) is 28.3 Å². The molecule has 1 aromatic carbocycles. The number of piperazine rings is 1. The lowest BCUT2D eigenvalue weighted by Gasteiger charge is -2.27. The van der Waals surface area contributed by atoms with Gasteiger partial charge in [-0.25, -0.2) is 9.37 Å². The molecule has 8 nitrogen and oxygen atoms in total. The second-order valence-electron chi connectivity index (χ2n) is 8.01. The second-order valence-corrected chi connectivity index (χ2v) is 8.79. The van der Waals surface area contributed by atoms with Crippen LogP contribution in [0, 0.1) is 5.82 Å². The number of nitrogens with zero attached hydrogens (tertiary/aromatic N) is 4. The normalized spacial score (nSPS) is 15.0. The van der Waals surface area contributed by atoms with Crippen LogP contribution in [0.25, 0.3) is 22.5 Å². The van der Waals surface area contributed by atoms with Crippen LogP contribution in [-0.2, 0) is 0 Å². The summed E-state index contributed by atoms with van der Waals surface area (Å²) in [5.41, 5.74) is 6.05. The number of aromatic nitrogens is 3. The van der Waals surface area contributed by atoms with Crippen molar-refractivity contribution in [3.8, 4) is 11.5 Å². The van der Waals surface area contributed by atoms with Crippen molar-refractivity contribution in [3.05, 3.63) is 69.7 Å². The Kier molecular flexibility index (Phi) is 6.16. The molecule has 1 atom stereocenters. The first-order valence-corrected chi connectivity index (χ1v) is 11.5. The summed E-state index contributed by atoms with van der Waals surface area (Å²) in [6, 6.07) is 7.78. The molecule has 1 fully saturated rings. The predicted octanol–water partition coefficient (Wildman–Crippen LogP) is 4.49. The molecule has 0 spiro atoms. The highest BCUT2D eigenvalue weighted by Gasteiger charge is 2.25. The zero-order valence-corrected chi connectivity index (χ0v) is 19.7. The third-order valence-corrected chi connectivity index (χ3v) is 6.54. The monoisotopic (exact) mass is 502 g/mol. The van der Waals surface area contributed by atoms with Crippen LogP contribution < -0.4 is 10.7 Å². The van der Waals surface area contributed by atoms with E-state index in [1.165, 1.54) is 18.3 Å². The molecule has 2 N–H and O–H groups in total. The van der Waals surface area contributed by atoms with Crippen LogP contribution in [0.15, 0.2) is 47.2 Å². The van der Waals surface area contributed by atoms with Gasteiger partial charge in [-0.05, 0) is 37.3 Å². The van der Waals surface area contributed by atoms with Crippen molar-refractivity contribution in [2.24, 2.45) is 0 Å². The Balaban J connectivity index is 1.42. The molecule has 1 aliphatic heterocycles. The number of hydrogen-bond acceptors (Lipinski definition) is 6. The lowest BCUT2D eigenvalue weighted by Crippen LogP contribution is -2.46. The van der Waals surface area contributed by atoms with E-state index in [9.17, 15) is 9.18 Å². The van der Waals surface area contributed by atoms with Crippen LogP contribution >= 0.6 is 23.2 Å². The standard InChI is InChI=1S/C23H21Cl2FN6O2/c1-13(20-15(24)2-3-16(26)21(20)25)30-32-9-6-17-19(32)5-4-18(29-17)22-14(12-28-34-22)23(33)31-10-7-27-8-11-31/h2-6,9,12-13,27,30H,7-8,10-11H2,1H3. The predicted molar refractivity (Wildman–Crippen MR) is 128 cm³/mol. The van der Waals surface area contributed by atoms with Gasteiger partial charge in [-0.3, -0.25) is 9.47 Å². The van der Waals surface area contributed by atoms with Gasteiger partial charge < -0.3 is 20.2 Å². The molecule has 176 valence electrons. The Morgan fingerprint density at radius 1 is 1.21 bits per heavy atom. The van der Waals surface area contributed by atoms with E-state index in [0.717, 1.165) is 18.6 Å². The summed E-state index contributed by atoms with van der Waals surface area (Å²) in [7, 11) is 0. The molecule has 0 saturated carbocycles. The lowest BCUT2D eigenvalue weighted by atomic mass is 10.1. The summed E-state index contributed by atoms with van der Waals surface area (Å²) in [5, 5.41) is 7.43. The first-order chi connectivity index (χ1) is 16.4. The number of amides is 1. The quantitative estimate of drug-likeness (QED) is 0.391. The lowest BCUT2D eigenvalue weighted by molar-refractivity contribution is 0.0736. The zero-order chi connectivity index (χ0) is 23.8. The number of fused-ring (bicyclic) bond motifs is 1. The summed E-state index contributed by atoms with van der Waals surface area (Å²) in [4.78, 5) is 19.4. The Hall–Kier alpha value is -3.14. The van der Waals surface area contributed by atoms with Gasteiger partial charge in [0.25, 0.3) is 5.91 Å². The van der Waals surface area contributed by atoms with E-state index < -0.39 is 5.82 Å². The Labute approximate surface area is 204 Å². The fourth-order valence-electron chi connectivity index (χ4n) is 4.09. The van der Waals surface area contributed by atoms with Gasteiger partial charge in [-0.15, -0.1) is 0 Å². The number of rotatable bonds is 5. The molecular weight excluding hydrogens is 482 g/mol. The molecule has 34 heavy (non-hydrogen) atoms. The second kappa shape index (κ2) is 9.25. The molecule has 1 unspecified atom stereocenters. The highest BCUT2D eigenvalue weighted by atomic mass is 35.5. The van der Waals surface area contributed by atoms with Crippen LogP contribution in [0.4, 0.5) is 4.39 Å². The van der Waals surface area contributed by atoms with Crippen molar-refractivity contribution >= 4 is 40.1 Å². The molecule has 0 bridgehead atoms. The van der Waals surface area contributed by atoms with Crippen molar-refractivity contribution in [1.82, 2.24) is 25.0 Å². The first-order valence-electron chi connectivity index (χ1n) is 10.8. The van der Waals surface area contributed by atoms with Gasteiger partial charge in [-0.1, -0.05) is 28.4 Å². The van der Waals surface area contributed by atoms with Gasteiger partial charge in [0.2, 0.25) is 0 Å². The maximum absolute atomic E-state index is 14.0. The fourth-order valence-corrected chi connectivity index (χ4v) is 4.78. The molecule has 4 heterocycles. The van der Waals surface area contributed by atoms with Crippen LogP contribution in [0.5, 0.6) is 0 Å². The molecule has 1 saturated heterocycles. The van der Waals surface area contributed by atoms with Gasteiger partial charge >= 0.3 is 0 Å². The largest absolute Gasteiger partial charge is 0.354 e. The van der Waals surface area contributed by atoms with Crippen molar-refractivity contribution in [2.45, 2.75) is 13.0 Å². The average molecular weight is 503 g/mol. The number of carbonyl (C=O) groups excluding carboxylic acids is 1. The maximum Gasteiger partial charge on any atom is 0.259 e. The topological polar surface area (TPSA) is 88.2 Å². The Morgan fingerprint density at radius 3 is 2.79 bits per heavy atom. The number of carbonyl (C=O) groups is 1. The minimum Gasteiger partial charge on any atom is -0.354 e. The third-order valence-electron chi connectivity index (χ3n) is 5.83. The molecule has 5 rings (SSSR count). The molecule has 11 heteroatoms. The minimum atomic E-state index is -0.531. The molecule has 1 amide bonds. The van der Waals surface area contributed by atoms with Crippen LogP contribution in [-0.4, -0.2) is 51.8 Å². The molecule has 1 aliphatic rings. The van der Waals surface area contributed by atoms with Gasteiger partial charge in [0, 0.05) is 43.0 Å². The van der Waals surface area contributed by atoms with E-state index in [-0.39, 0.29) is 17.0 Å². The molecule has 4 aromatic rings. The summed E-state index contributed by atoms with van der Waals surface area (Å²) >= 11 is 12.4.